The first-order valence-corrected chi connectivity index (χ1v) is 6.14. The van der Waals surface area contributed by atoms with Gasteiger partial charge in [0.1, 0.15) is 11.6 Å². The van der Waals surface area contributed by atoms with E-state index in [0.29, 0.717) is 0 Å². The molecule has 2 amide bonds. The Hall–Kier alpha value is -2.89. The van der Waals surface area contributed by atoms with Crippen LogP contribution in [-0.4, -0.2) is 16.9 Å². The van der Waals surface area contributed by atoms with E-state index in [1.807, 2.05) is 0 Å². The molecule has 21 heavy (non-hydrogen) atoms. The third-order valence-corrected chi connectivity index (χ3v) is 2.80. The van der Waals surface area contributed by atoms with Crippen LogP contribution < -0.4 is 10.9 Å². The summed E-state index contributed by atoms with van der Waals surface area (Å²) in [5.41, 5.74) is 4.83. The molecule has 3 N–H and O–H groups in total. The van der Waals surface area contributed by atoms with E-state index in [9.17, 15) is 19.1 Å². The number of hydrazine groups is 1. The van der Waals surface area contributed by atoms with Gasteiger partial charge in [0.2, 0.25) is 0 Å². The molecular formula is C15H13FN2O3. The fourth-order valence-electron chi connectivity index (χ4n) is 1.73. The molecule has 0 spiro atoms. The van der Waals surface area contributed by atoms with E-state index in [2.05, 4.69) is 10.9 Å². The number of aromatic hydroxyl groups is 1. The maximum atomic E-state index is 13.4. The van der Waals surface area contributed by atoms with E-state index in [4.69, 9.17) is 0 Å². The number of amides is 2. The maximum Gasteiger partial charge on any atom is 0.273 e. The van der Waals surface area contributed by atoms with Gasteiger partial charge in [-0.3, -0.25) is 20.4 Å². The second kappa shape index (κ2) is 6.04. The lowest BCUT2D eigenvalue weighted by molar-refractivity contribution is 0.0842. The van der Waals surface area contributed by atoms with E-state index in [1.54, 1.807) is 13.0 Å². The molecule has 0 heterocycles. The van der Waals surface area contributed by atoms with Crippen LogP contribution in [0.3, 0.4) is 0 Å². The van der Waals surface area contributed by atoms with Gasteiger partial charge < -0.3 is 5.11 Å². The van der Waals surface area contributed by atoms with E-state index in [1.165, 1.54) is 30.3 Å². The number of carbonyl (C=O) groups excluding carboxylic acids is 2. The van der Waals surface area contributed by atoms with Crippen LogP contribution in [-0.2, 0) is 0 Å². The number of benzene rings is 2. The molecule has 0 radical (unpaired) electrons. The minimum atomic E-state index is -0.784. The number of nitrogens with one attached hydrogen (secondary N) is 2. The summed E-state index contributed by atoms with van der Waals surface area (Å²) in [5.74, 6) is -2.38. The average Bonchev–Trinajstić information content (AvgIpc) is 2.47. The van der Waals surface area contributed by atoms with E-state index in [0.717, 1.165) is 11.6 Å². The second-order valence-corrected chi connectivity index (χ2v) is 4.41. The Balaban J connectivity index is 2.06. The molecule has 108 valence electrons. The first kappa shape index (κ1) is 14.5. The number of carbonyl (C=O) groups is 2. The van der Waals surface area contributed by atoms with Gasteiger partial charge in [-0.25, -0.2) is 4.39 Å². The average molecular weight is 288 g/mol. The summed E-state index contributed by atoms with van der Waals surface area (Å²) in [6.45, 7) is 1.76. The van der Waals surface area contributed by atoms with Crippen molar-refractivity contribution in [3.8, 4) is 5.75 Å². The third kappa shape index (κ3) is 3.36. The van der Waals surface area contributed by atoms with Gasteiger partial charge in [0.25, 0.3) is 11.8 Å². The number of phenols is 1. The Labute approximate surface area is 120 Å². The zero-order valence-electron chi connectivity index (χ0n) is 11.2. The Kier molecular flexibility index (Phi) is 4.18. The topological polar surface area (TPSA) is 78.4 Å². The molecule has 0 atom stereocenters. The van der Waals surface area contributed by atoms with Crippen LogP contribution in [0.25, 0.3) is 0 Å². The molecule has 2 rings (SSSR count). The Morgan fingerprint density at radius 3 is 2.29 bits per heavy atom. The number of hydrogen-bond donors (Lipinski definition) is 3. The summed E-state index contributed by atoms with van der Waals surface area (Å²) < 4.78 is 13.4. The first-order valence-electron chi connectivity index (χ1n) is 6.14. The van der Waals surface area contributed by atoms with Gasteiger partial charge in [0.05, 0.1) is 11.1 Å². The third-order valence-electron chi connectivity index (χ3n) is 2.80. The highest BCUT2D eigenvalue weighted by Gasteiger charge is 2.14. The molecular weight excluding hydrogens is 275 g/mol. The van der Waals surface area contributed by atoms with Crippen molar-refractivity contribution in [1.29, 1.82) is 0 Å². The van der Waals surface area contributed by atoms with Crippen molar-refractivity contribution in [3.63, 3.8) is 0 Å². The minimum Gasteiger partial charge on any atom is -0.507 e. The largest absolute Gasteiger partial charge is 0.507 e. The lowest BCUT2D eigenvalue weighted by Crippen LogP contribution is -2.42. The van der Waals surface area contributed by atoms with Crippen LogP contribution in [0.1, 0.15) is 26.3 Å². The van der Waals surface area contributed by atoms with Gasteiger partial charge in [0.15, 0.2) is 0 Å². The number of aryl methyl sites for hydroxylation is 1. The van der Waals surface area contributed by atoms with Crippen LogP contribution in [0, 0.1) is 12.7 Å². The Morgan fingerprint density at radius 2 is 1.62 bits per heavy atom. The summed E-state index contributed by atoms with van der Waals surface area (Å²) >= 11 is 0. The van der Waals surface area contributed by atoms with Crippen molar-refractivity contribution < 1.29 is 19.1 Å². The van der Waals surface area contributed by atoms with Gasteiger partial charge in [0, 0.05) is 0 Å². The van der Waals surface area contributed by atoms with Crippen molar-refractivity contribution in [2.75, 3.05) is 0 Å². The summed E-state index contributed by atoms with van der Waals surface area (Å²) in [5, 5.41) is 9.60. The fraction of sp³-hybridized carbons (Fsp3) is 0.0667. The molecule has 5 nitrogen and oxygen atoms in total. The van der Waals surface area contributed by atoms with Crippen LogP contribution >= 0.6 is 0 Å². The molecule has 0 bridgehead atoms. The molecule has 0 aromatic heterocycles. The predicted octanol–water partition coefficient (Wildman–Crippen LogP) is 1.91. The molecule has 6 heteroatoms. The molecule has 0 aliphatic rings. The molecule has 0 unspecified atom stereocenters. The number of hydrogen-bond acceptors (Lipinski definition) is 3. The molecule has 0 fully saturated rings. The highest BCUT2D eigenvalue weighted by atomic mass is 19.1. The quantitative estimate of drug-likeness (QED) is 0.739. The van der Waals surface area contributed by atoms with Crippen molar-refractivity contribution >= 4 is 11.8 Å². The van der Waals surface area contributed by atoms with Gasteiger partial charge in [-0.05, 0) is 31.2 Å². The van der Waals surface area contributed by atoms with Gasteiger partial charge in [-0.15, -0.1) is 0 Å². The van der Waals surface area contributed by atoms with Gasteiger partial charge in [-0.1, -0.05) is 23.8 Å². The summed E-state index contributed by atoms with van der Waals surface area (Å²) in [4.78, 5) is 23.6. The van der Waals surface area contributed by atoms with E-state index in [-0.39, 0.29) is 16.9 Å². The Bertz CT molecular complexity index is 701. The van der Waals surface area contributed by atoms with Crippen LogP contribution in [0.2, 0.25) is 0 Å². The predicted molar refractivity (Wildman–Crippen MR) is 74.2 cm³/mol. The normalized spacial score (nSPS) is 10.0. The minimum absolute atomic E-state index is 0.0174. The molecule has 0 saturated carbocycles. The zero-order valence-corrected chi connectivity index (χ0v) is 11.2. The zero-order chi connectivity index (χ0) is 15.4. The SMILES string of the molecule is Cc1ccc(O)c(C(=O)NNC(=O)c2ccccc2F)c1. The molecule has 0 aliphatic heterocycles. The molecule has 2 aromatic rings. The highest BCUT2D eigenvalue weighted by molar-refractivity contribution is 6.00. The number of phenolic OH excluding ortho intramolecular Hbond substituents is 1. The second-order valence-electron chi connectivity index (χ2n) is 4.41. The van der Waals surface area contributed by atoms with Crippen LogP contribution in [0.5, 0.6) is 5.75 Å². The van der Waals surface area contributed by atoms with Gasteiger partial charge in [-0.2, -0.15) is 0 Å². The lowest BCUT2D eigenvalue weighted by Gasteiger charge is -2.09. The van der Waals surface area contributed by atoms with Crippen LogP contribution in [0.15, 0.2) is 42.5 Å². The highest BCUT2D eigenvalue weighted by Crippen LogP contribution is 2.17. The molecule has 2 aromatic carbocycles. The van der Waals surface area contributed by atoms with Crippen molar-refractivity contribution in [3.05, 3.63) is 65.0 Å². The Morgan fingerprint density at radius 1 is 1.00 bits per heavy atom. The van der Waals surface area contributed by atoms with Crippen molar-refractivity contribution in [2.24, 2.45) is 0 Å². The smallest absolute Gasteiger partial charge is 0.273 e. The summed E-state index contributed by atoms with van der Waals surface area (Å²) in [6, 6.07) is 9.89. The monoisotopic (exact) mass is 288 g/mol. The van der Waals surface area contributed by atoms with Crippen molar-refractivity contribution in [1.82, 2.24) is 10.9 Å². The first-order chi connectivity index (χ1) is 9.99. The van der Waals surface area contributed by atoms with Crippen molar-refractivity contribution in [2.45, 2.75) is 6.92 Å². The number of halogens is 1. The fourth-order valence-corrected chi connectivity index (χ4v) is 1.73. The van der Waals surface area contributed by atoms with Crippen LogP contribution in [0.4, 0.5) is 4.39 Å². The summed E-state index contributed by atoms with van der Waals surface area (Å²) in [6.07, 6.45) is 0. The maximum absolute atomic E-state index is 13.4. The standard InChI is InChI=1S/C15H13FN2O3/c1-9-6-7-13(19)11(8-9)15(21)18-17-14(20)10-4-2-3-5-12(10)16/h2-8,19H,1H3,(H,17,20)(H,18,21). The summed E-state index contributed by atoms with van der Waals surface area (Å²) in [7, 11) is 0. The van der Waals surface area contributed by atoms with E-state index >= 15 is 0 Å². The molecule has 0 saturated heterocycles. The van der Waals surface area contributed by atoms with Gasteiger partial charge >= 0.3 is 0 Å². The lowest BCUT2D eigenvalue weighted by atomic mass is 10.1. The molecule has 0 aliphatic carbocycles. The van der Waals surface area contributed by atoms with E-state index < -0.39 is 17.6 Å². The number of rotatable bonds is 2.